The van der Waals surface area contributed by atoms with Gasteiger partial charge in [0.1, 0.15) is 17.8 Å². The highest BCUT2D eigenvalue weighted by molar-refractivity contribution is 6.16. The van der Waals surface area contributed by atoms with Gasteiger partial charge in [0.25, 0.3) is 0 Å². The number of hydrogen-bond donors (Lipinski definition) is 0. The van der Waals surface area contributed by atoms with Crippen molar-refractivity contribution in [2.75, 3.05) is 7.05 Å². The van der Waals surface area contributed by atoms with E-state index in [2.05, 4.69) is 47.6 Å². The van der Waals surface area contributed by atoms with Gasteiger partial charge in [0, 0.05) is 30.2 Å². The number of benzene rings is 1. The number of amides is 2. The van der Waals surface area contributed by atoms with Gasteiger partial charge in [-0.3, -0.25) is 19.3 Å². The van der Waals surface area contributed by atoms with Crippen LogP contribution in [0.2, 0.25) is 0 Å². The first-order valence-corrected chi connectivity index (χ1v) is 15.4. The van der Waals surface area contributed by atoms with Gasteiger partial charge in [0.2, 0.25) is 11.8 Å². The molecule has 0 spiro atoms. The standard InChI is InChI=1S/C35H43NO4/c1-16-12-17(2)25-23(13-16)26-20(5)29-19(4)18(3)15-35(29,6)30-28(26)32(25)40-22-10-8-21(9-11-22)14-24-27(31(30)37)34(39)36(7)33(24)38/h8-11,15-17,19,23-28,30,32H,12-14H2,1-7H3/t16-,17+,19-,23-,24+,25-,26-,27-,28+,30+,32-,35?/m0/s1. The average molecular weight is 542 g/mol. The van der Waals surface area contributed by atoms with E-state index in [1.54, 1.807) is 7.05 Å². The van der Waals surface area contributed by atoms with Crippen molar-refractivity contribution in [3.63, 3.8) is 0 Å². The Hall–Kier alpha value is -2.69. The fourth-order valence-corrected chi connectivity index (χ4v) is 11.0. The van der Waals surface area contributed by atoms with Gasteiger partial charge >= 0.3 is 0 Å². The molecule has 5 nitrogen and oxygen atoms in total. The van der Waals surface area contributed by atoms with Crippen molar-refractivity contribution in [2.45, 2.75) is 66.9 Å². The lowest BCUT2D eigenvalue weighted by Crippen LogP contribution is -2.52. The average Bonchev–Trinajstić information content (AvgIpc) is 3.40. The van der Waals surface area contributed by atoms with Gasteiger partial charge in [-0.15, -0.1) is 0 Å². The minimum Gasteiger partial charge on any atom is -0.490 e. The minimum absolute atomic E-state index is 0.0312. The second-order valence-corrected chi connectivity index (χ2v) is 14.5. The van der Waals surface area contributed by atoms with E-state index in [0.717, 1.165) is 17.7 Å². The Morgan fingerprint density at radius 3 is 2.35 bits per heavy atom. The fourth-order valence-electron chi connectivity index (χ4n) is 11.0. The zero-order chi connectivity index (χ0) is 28.4. The number of allylic oxidation sites excluding steroid dienone is 4. The van der Waals surface area contributed by atoms with Gasteiger partial charge in [0.05, 0.1) is 5.92 Å². The van der Waals surface area contributed by atoms with E-state index < -0.39 is 23.2 Å². The zero-order valence-corrected chi connectivity index (χ0v) is 24.9. The van der Waals surface area contributed by atoms with Crippen LogP contribution in [0.15, 0.2) is 47.1 Å². The summed E-state index contributed by atoms with van der Waals surface area (Å²) in [4.78, 5) is 43.6. The Morgan fingerprint density at radius 1 is 0.950 bits per heavy atom. The Kier molecular flexibility index (Phi) is 5.68. The molecule has 40 heavy (non-hydrogen) atoms. The number of ether oxygens (including phenoxy) is 1. The summed E-state index contributed by atoms with van der Waals surface area (Å²) in [6.45, 7) is 13.8. The third-order valence-corrected chi connectivity index (χ3v) is 12.3. The Balaban J connectivity index is 1.50. The van der Waals surface area contributed by atoms with E-state index in [0.29, 0.717) is 30.1 Å². The Bertz CT molecular complexity index is 1370. The molecule has 3 heterocycles. The normalized spacial score (nSPS) is 45.8. The van der Waals surface area contributed by atoms with Crippen LogP contribution < -0.4 is 4.74 Å². The molecule has 212 valence electrons. The summed E-state index contributed by atoms with van der Waals surface area (Å²) in [6.07, 6.45) is 4.92. The molecule has 1 saturated heterocycles. The van der Waals surface area contributed by atoms with Crippen LogP contribution in [0.3, 0.4) is 0 Å². The van der Waals surface area contributed by atoms with Crippen molar-refractivity contribution in [1.82, 2.24) is 4.90 Å². The molecule has 3 aliphatic heterocycles. The molecule has 1 aromatic rings. The lowest BCUT2D eigenvalue weighted by atomic mass is 9.53. The number of carbonyl (C=O) groups excluding carboxylic acids is 3. The van der Waals surface area contributed by atoms with Crippen molar-refractivity contribution >= 4 is 17.6 Å². The topological polar surface area (TPSA) is 63.7 Å². The lowest BCUT2D eigenvalue weighted by Gasteiger charge is -2.49. The first-order chi connectivity index (χ1) is 18.9. The Morgan fingerprint density at radius 2 is 1.65 bits per heavy atom. The number of imide groups is 1. The molecule has 0 N–H and O–H groups in total. The summed E-state index contributed by atoms with van der Waals surface area (Å²) in [5.41, 5.74) is 4.60. The summed E-state index contributed by atoms with van der Waals surface area (Å²) in [5.74, 6) is 0.640. The molecule has 1 unspecified atom stereocenters. The van der Waals surface area contributed by atoms with Gasteiger partial charge in [-0.25, -0.2) is 0 Å². The lowest BCUT2D eigenvalue weighted by molar-refractivity contribution is -0.143. The highest BCUT2D eigenvalue weighted by Gasteiger charge is 2.67. The van der Waals surface area contributed by atoms with E-state index in [9.17, 15) is 9.59 Å². The summed E-state index contributed by atoms with van der Waals surface area (Å²) < 4.78 is 7.04. The van der Waals surface area contributed by atoms with E-state index >= 15 is 4.79 Å². The number of ketones is 1. The van der Waals surface area contributed by atoms with E-state index in [1.165, 1.54) is 28.0 Å². The highest BCUT2D eigenvalue weighted by Crippen LogP contribution is 2.67. The van der Waals surface area contributed by atoms with Crippen LogP contribution in [0.1, 0.15) is 59.9 Å². The number of likely N-dealkylation sites (tertiary alicyclic amines) is 1. The fraction of sp³-hybridized carbons (Fsp3) is 0.629. The van der Waals surface area contributed by atoms with E-state index in [4.69, 9.17) is 4.74 Å². The monoisotopic (exact) mass is 541 g/mol. The van der Waals surface area contributed by atoms with Gasteiger partial charge in [0.15, 0.2) is 5.78 Å². The highest BCUT2D eigenvalue weighted by atomic mass is 16.5. The van der Waals surface area contributed by atoms with Crippen LogP contribution in [0, 0.1) is 64.6 Å². The van der Waals surface area contributed by atoms with Crippen LogP contribution in [-0.4, -0.2) is 35.6 Å². The van der Waals surface area contributed by atoms with Crippen molar-refractivity contribution < 1.29 is 19.1 Å². The van der Waals surface area contributed by atoms with Crippen LogP contribution >= 0.6 is 0 Å². The molecule has 4 aliphatic carbocycles. The van der Waals surface area contributed by atoms with Crippen molar-refractivity contribution in [1.29, 1.82) is 0 Å². The summed E-state index contributed by atoms with van der Waals surface area (Å²) >= 11 is 0. The SMILES string of the molecule is CC1=CC2(C)C(=C(C)[C@H]3[C@H]4C[C@@H](C)C[C@@H](C)[C@@H]4[C@@H]4Oc5ccc(cc5)C[C@H]5C(=O)N(C)C(=O)[C@@H]5C(=O)[C@H]2[C@H]43)[C@H]1C. The van der Waals surface area contributed by atoms with Crippen LogP contribution in [-0.2, 0) is 20.8 Å². The number of fused-ring (bicyclic) bond motifs is 5. The van der Waals surface area contributed by atoms with E-state index in [1.807, 2.05) is 24.3 Å². The molecule has 2 bridgehead atoms. The van der Waals surface area contributed by atoms with Crippen molar-refractivity contribution in [2.24, 2.45) is 64.6 Å². The maximum atomic E-state index is 15.2. The van der Waals surface area contributed by atoms with Gasteiger partial charge in [-0.05, 0) is 80.4 Å². The number of nitrogens with zero attached hydrogens (tertiary/aromatic N) is 1. The Labute approximate surface area is 238 Å². The van der Waals surface area contributed by atoms with Gasteiger partial charge in [-0.2, -0.15) is 0 Å². The third-order valence-electron chi connectivity index (χ3n) is 12.3. The number of Topliss-reactive ketones (excluding diaryl/α,β-unsaturated/α-hetero) is 1. The molecule has 2 saturated carbocycles. The molecule has 3 fully saturated rings. The van der Waals surface area contributed by atoms with Gasteiger partial charge < -0.3 is 4.74 Å². The second kappa shape index (κ2) is 8.66. The molecule has 7 aliphatic rings. The summed E-state index contributed by atoms with van der Waals surface area (Å²) in [7, 11) is 1.55. The van der Waals surface area contributed by atoms with Crippen molar-refractivity contribution in [3.05, 3.63) is 52.6 Å². The number of rotatable bonds is 0. The molecule has 0 radical (unpaired) electrons. The third kappa shape index (κ3) is 3.30. The molecular formula is C35H43NO4. The predicted octanol–water partition coefficient (Wildman–Crippen LogP) is 5.88. The van der Waals surface area contributed by atoms with Crippen LogP contribution in [0.4, 0.5) is 0 Å². The first kappa shape index (κ1) is 26.2. The molecule has 5 heteroatoms. The predicted molar refractivity (Wildman–Crippen MR) is 153 cm³/mol. The maximum Gasteiger partial charge on any atom is 0.240 e. The molecular weight excluding hydrogens is 498 g/mol. The van der Waals surface area contributed by atoms with Gasteiger partial charge in [-0.1, -0.05) is 62.6 Å². The number of hydrogen-bond acceptors (Lipinski definition) is 4. The molecule has 8 rings (SSSR count). The van der Waals surface area contributed by atoms with Crippen molar-refractivity contribution in [3.8, 4) is 5.75 Å². The smallest absolute Gasteiger partial charge is 0.240 e. The molecule has 1 aromatic carbocycles. The largest absolute Gasteiger partial charge is 0.490 e. The first-order valence-electron chi connectivity index (χ1n) is 15.4. The maximum absolute atomic E-state index is 15.2. The number of carbonyl (C=O) groups is 3. The molecule has 2 amide bonds. The second-order valence-electron chi connectivity index (χ2n) is 14.5. The summed E-state index contributed by atoms with van der Waals surface area (Å²) in [6, 6.07) is 8.09. The minimum atomic E-state index is -0.942. The quantitative estimate of drug-likeness (QED) is 0.234. The van der Waals surface area contributed by atoms with E-state index in [-0.39, 0.29) is 41.5 Å². The van der Waals surface area contributed by atoms with Crippen LogP contribution in [0.25, 0.3) is 0 Å². The molecule has 12 atom stereocenters. The zero-order valence-electron chi connectivity index (χ0n) is 24.9. The van der Waals surface area contributed by atoms with Crippen LogP contribution in [0.5, 0.6) is 5.75 Å². The molecule has 0 aromatic heterocycles. The summed E-state index contributed by atoms with van der Waals surface area (Å²) in [5, 5.41) is 0.